The molecule has 0 saturated heterocycles. The normalized spacial score (nSPS) is 10.7. The molecule has 0 aliphatic carbocycles. The van der Waals surface area contributed by atoms with Gasteiger partial charge in [-0.3, -0.25) is 9.59 Å². The third kappa shape index (κ3) is 6.18. The van der Waals surface area contributed by atoms with Gasteiger partial charge in [-0.1, -0.05) is 44.9 Å². The average Bonchev–Trinajstić information content (AvgIpc) is 2.86. The summed E-state index contributed by atoms with van der Waals surface area (Å²) in [5.41, 5.74) is 0.466. The fraction of sp³-hybridized carbons (Fsp3) is 0.321. The molecule has 0 unspecified atom stereocenters. The van der Waals surface area contributed by atoms with E-state index in [1.54, 1.807) is 24.3 Å². The van der Waals surface area contributed by atoms with Crippen LogP contribution in [-0.4, -0.2) is 29.9 Å². The Morgan fingerprint density at radius 3 is 2.20 bits per heavy atom. The summed E-state index contributed by atoms with van der Waals surface area (Å²) < 4.78 is 10.4. The van der Waals surface area contributed by atoms with Crippen molar-refractivity contribution < 1.29 is 23.8 Å². The monoisotopic (exact) mass is 477 g/mol. The van der Waals surface area contributed by atoms with Gasteiger partial charge in [0, 0.05) is 36.5 Å². The van der Waals surface area contributed by atoms with Crippen molar-refractivity contribution in [3.63, 3.8) is 0 Å². The van der Waals surface area contributed by atoms with Crippen LogP contribution in [0.15, 0.2) is 64.0 Å². The van der Waals surface area contributed by atoms with E-state index in [0.717, 1.165) is 50.5 Å². The number of hydrogen-bond donors (Lipinski definition) is 1. The van der Waals surface area contributed by atoms with Gasteiger partial charge in [-0.15, -0.1) is 0 Å². The van der Waals surface area contributed by atoms with Crippen LogP contribution in [0.4, 0.5) is 5.69 Å². The number of hydrogen-bond acceptors (Lipinski definition) is 7. The van der Waals surface area contributed by atoms with Crippen molar-refractivity contribution in [2.75, 3.05) is 18.0 Å². The van der Waals surface area contributed by atoms with Crippen molar-refractivity contribution >= 4 is 17.4 Å². The molecule has 184 valence electrons. The average molecular weight is 478 g/mol. The van der Waals surface area contributed by atoms with Crippen LogP contribution in [0.3, 0.4) is 0 Å². The molecule has 0 spiro atoms. The molecule has 7 nitrogen and oxygen atoms in total. The first-order chi connectivity index (χ1) is 16.9. The highest BCUT2D eigenvalue weighted by molar-refractivity contribution is 6.16. The lowest BCUT2D eigenvalue weighted by atomic mass is 9.97. The molecule has 3 rings (SSSR count). The number of unbranched alkanes of at least 4 members (excludes halogenated alkanes) is 2. The van der Waals surface area contributed by atoms with Gasteiger partial charge in [0.1, 0.15) is 11.5 Å². The molecule has 0 aliphatic heterocycles. The number of ketones is 1. The number of phenolic OH excluding ortho intramolecular Hbond substituents is 1. The van der Waals surface area contributed by atoms with Crippen LogP contribution in [-0.2, 0) is 0 Å². The number of anilines is 1. The van der Waals surface area contributed by atoms with Gasteiger partial charge in [0.2, 0.25) is 11.2 Å². The van der Waals surface area contributed by atoms with E-state index in [-0.39, 0.29) is 33.9 Å². The number of carbonyl (C=O) groups excluding carboxylic acids is 2. The van der Waals surface area contributed by atoms with Crippen LogP contribution in [0.1, 0.15) is 71.6 Å². The molecular formula is C28H31NO6. The molecule has 0 bridgehead atoms. The van der Waals surface area contributed by atoms with Crippen LogP contribution in [0.2, 0.25) is 0 Å². The minimum atomic E-state index is -0.864. The van der Waals surface area contributed by atoms with E-state index in [2.05, 4.69) is 18.7 Å². The van der Waals surface area contributed by atoms with Gasteiger partial charge in [0.05, 0.1) is 17.4 Å². The van der Waals surface area contributed by atoms with E-state index in [0.29, 0.717) is 0 Å². The molecule has 0 saturated carbocycles. The van der Waals surface area contributed by atoms with Gasteiger partial charge >= 0.3 is 5.97 Å². The summed E-state index contributed by atoms with van der Waals surface area (Å²) in [5, 5.41) is 10.7. The van der Waals surface area contributed by atoms with Crippen LogP contribution in [0, 0.1) is 6.92 Å². The minimum absolute atomic E-state index is 0.0175. The molecule has 0 atom stereocenters. The fourth-order valence-corrected chi connectivity index (χ4v) is 3.75. The number of aromatic hydroxyl groups is 1. The largest absolute Gasteiger partial charge is 0.507 e. The first kappa shape index (κ1) is 25.7. The molecule has 1 N–H and O–H groups in total. The van der Waals surface area contributed by atoms with Gasteiger partial charge in [0.25, 0.3) is 0 Å². The number of carbonyl (C=O) groups is 2. The van der Waals surface area contributed by atoms with Crippen molar-refractivity contribution in [1.29, 1.82) is 0 Å². The van der Waals surface area contributed by atoms with Crippen LogP contribution in [0.25, 0.3) is 0 Å². The zero-order valence-corrected chi connectivity index (χ0v) is 20.4. The predicted octanol–water partition coefficient (Wildman–Crippen LogP) is 5.51. The highest BCUT2D eigenvalue weighted by atomic mass is 16.5. The maximum absolute atomic E-state index is 13.3. The SMILES string of the molecule is CCCCN(CCCC)c1ccc(C(=O)c2ccccc2C(=O)Oc2c(C)occc2=O)c(O)c1. The first-order valence-corrected chi connectivity index (χ1v) is 11.9. The third-order valence-corrected chi connectivity index (χ3v) is 5.75. The second-order valence-electron chi connectivity index (χ2n) is 8.33. The van der Waals surface area contributed by atoms with Crippen molar-refractivity contribution in [2.24, 2.45) is 0 Å². The standard InChI is InChI=1S/C28H31NO6/c1-4-6-15-29(16-7-5-2)20-12-13-23(25(31)18-20)26(32)21-10-8-9-11-22(21)28(33)35-27-19(3)34-17-14-24(27)30/h8-14,17-18,31H,4-7,15-16H2,1-3H3. The van der Waals surface area contributed by atoms with Crippen molar-refractivity contribution in [3.8, 4) is 11.5 Å². The predicted molar refractivity (Wildman–Crippen MR) is 135 cm³/mol. The summed E-state index contributed by atoms with van der Waals surface area (Å²) >= 11 is 0. The molecule has 1 heterocycles. The van der Waals surface area contributed by atoms with E-state index >= 15 is 0 Å². The van der Waals surface area contributed by atoms with E-state index < -0.39 is 17.2 Å². The summed E-state index contributed by atoms with van der Waals surface area (Å²) in [7, 11) is 0. The van der Waals surface area contributed by atoms with Crippen molar-refractivity contribution in [3.05, 3.63) is 87.5 Å². The molecule has 0 radical (unpaired) electrons. The Kier molecular flexibility index (Phi) is 8.84. The maximum atomic E-state index is 13.3. The lowest BCUT2D eigenvalue weighted by Gasteiger charge is -2.25. The second-order valence-corrected chi connectivity index (χ2v) is 8.33. The van der Waals surface area contributed by atoms with Crippen LogP contribution in [0.5, 0.6) is 11.5 Å². The zero-order valence-electron chi connectivity index (χ0n) is 20.4. The van der Waals surface area contributed by atoms with Gasteiger partial charge < -0.3 is 19.2 Å². The molecule has 2 aromatic carbocycles. The summed E-state index contributed by atoms with van der Waals surface area (Å²) in [6.07, 6.45) is 5.38. The van der Waals surface area contributed by atoms with Crippen LogP contribution >= 0.6 is 0 Å². The van der Waals surface area contributed by atoms with E-state index in [9.17, 15) is 19.5 Å². The fourth-order valence-electron chi connectivity index (χ4n) is 3.75. The van der Waals surface area contributed by atoms with E-state index in [1.165, 1.54) is 25.3 Å². The van der Waals surface area contributed by atoms with Crippen molar-refractivity contribution in [2.45, 2.75) is 46.5 Å². The second kappa shape index (κ2) is 12.0. The van der Waals surface area contributed by atoms with E-state index in [1.807, 2.05) is 6.07 Å². The van der Waals surface area contributed by atoms with Gasteiger partial charge in [-0.2, -0.15) is 0 Å². The number of benzene rings is 2. The molecular weight excluding hydrogens is 446 g/mol. The quantitative estimate of drug-likeness (QED) is 0.287. The molecule has 3 aromatic rings. The molecule has 0 fully saturated rings. The summed E-state index contributed by atoms with van der Waals surface area (Å²) in [4.78, 5) is 40.5. The minimum Gasteiger partial charge on any atom is -0.507 e. The molecule has 35 heavy (non-hydrogen) atoms. The topological polar surface area (TPSA) is 97.0 Å². The number of phenols is 1. The van der Waals surface area contributed by atoms with Crippen LogP contribution < -0.4 is 15.1 Å². The number of aryl methyl sites for hydroxylation is 1. The highest BCUT2D eigenvalue weighted by Gasteiger charge is 2.23. The Bertz CT molecular complexity index is 1240. The Hall–Kier alpha value is -3.87. The van der Waals surface area contributed by atoms with Gasteiger partial charge in [0.15, 0.2) is 5.78 Å². The van der Waals surface area contributed by atoms with Crippen molar-refractivity contribution in [1.82, 2.24) is 0 Å². The number of nitrogens with zero attached hydrogens (tertiary/aromatic N) is 1. The smallest absolute Gasteiger partial charge is 0.344 e. The number of rotatable bonds is 11. The first-order valence-electron chi connectivity index (χ1n) is 11.9. The highest BCUT2D eigenvalue weighted by Crippen LogP contribution is 2.28. The maximum Gasteiger partial charge on any atom is 0.344 e. The van der Waals surface area contributed by atoms with Gasteiger partial charge in [-0.25, -0.2) is 4.79 Å². The summed E-state index contributed by atoms with van der Waals surface area (Å²) in [6.45, 7) is 7.50. The Morgan fingerprint density at radius 2 is 1.60 bits per heavy atom. The van der Waals surface area contributed by atoms with E-state index in [4.69, 9.17) is 9.15 Å². The lowest BCUT2D eigenvalue weighted by molar-refractivity contribution is 0.0722. The molecule has 0 amide bonds. The molecule has 7 heteroatoms. The Morgan fingerprint density at radius 1 is 0.943 bits per heavy atom. The van der Waals surface area contributed by atoms with Gasteiger partial charge in [-0.05, 0) is 38.0 Å². The Balaban J connectivity index is 1.90. The summed E-state index contributed by atoms with van der Waals surface area (Å²) in [5.74, 6) is -1.62. The summed E-state index contributed by atoms with van der Waals surface area (Å²) in [6, 6.07) is 12.3. The third-order valence-electron chi connectivity index (χ3n) is 5.75. The Labute approximate surface area is 205 Å². The number of ether oxygens (including phenoxy) is 1. The lowest BCUT2D eigenvalue weighted by Crippen LogP contribution is -2.25. The zero-order chi connectivity index (χ0) is 25.4. The molecule has 0 aliphatic rings. The molecule has 1 aromatic heterocycles. The number of esters is 1.